The highest BCUT2D eigenvalue weighted by Crippen LogP contribution is 2.28. The number of nitrogens with two attached hydrogens (primary N) is 1. The van der Waals surface area contributed by atoms with Crippen LogP contribution in [0.1, 0.15) is 29.5 Å². The number of carbonyl (C=O) groups excluding carboxylic acids is 1. The molecule has 5 heteroatoms. The van der Waals surface area contributed by atoms with E-state index in [1.807, 2.05) is 0 Å². The number of benzene rings is 2. The van der Waals surface area contributed by atoms with Crippen LogP contribution < -0.4 is 16.0 Å². The van der Waals surface area contributed by atoms with Crippen molar-refractivity contribution in [3.05, 3.63) is 65.2 Å². The summed E-state index contributed by atoms with van der Waals surface area (Å²) in [6.45, 7) is 3.91. The minimum Gasteiger partial charge on any atom is -0.381 e. The summed E-state index contributed by atoms with van der Waals surface area (Å²) in [5.41, 5.74) is 11.3. The number of hydrogen-bond acceptors (Lipinski definition) is 4. The molecule has 4 rings (SSSR count). The van der Waals surface area contributed by atoms with Crippen LogP contribution in [0, 0.1) is 5.92 Å². The Morgan fingerprint density at radius 1 is 1.11 bits per heavy atom. The van der Waals surface area contributed by atoms with Crippen LogP contribution in [0.25, 0.3) is 0 Å². The molecule has 2 aromatic carbocycles. The third-order valence-electron chi connectivity index (χ3n) is 5.92. The summed E-state index contributed by atoms with van der Waals surface area (Å²) in [5.74, 6) is 0.157. The van der Waals surface area contributed by atoms with E-state index in [0.29, 0.717) is 19.8 Å². The number of hydrogen-bond donors (Lipinski definition) is 2. The van der Waals surface area contributed by atoms with Gasteiger partial charge in [-0.1, -0.05) is 42.5 Å². The number of nitrogens with one attached hydrogen (secondary N) is 1. The van der Waals surface area contributed by atoms with Gasteiger partial charge in [-0.15, -0.1) is 0 Å². The molecule has 0 spiro atoms. The average Bonchev–Trinajstić information content (AvgIpc) is 3.16. The lowest BCUT2D eigenvalue weighted by Crippen LogP contribution is -2.46. The van der Waals surface area contributed by atoms with E-state index in [-0.39, 0.29) is 11.8 Å². The van der Waals surface area contributed by atoms with Gasteiger partial charge in [0.2, 0.25) is 5.91 Å². The molecule has 2 heterocycles. The molecular formula is C23H29N3O2. The molecular weight excluding hydrogens is 350 g/mol. The predicted molar refractivity (Wildman–Crippen MR) is 111 cm³/mol. The van der Waals surface area contributed by atoms with Crippen LogP contribution in [0.5, 0.6) is 0 Å². The van der Waals surface area contributed by atoms with Crippen LogP contribution in [0.15, 0.2) is 48.5 Å². The van der Waals surface area contributed by atoms with Crippen molar-refractivity contribution in [3.63, 3.8) is 0 Å². The summed E-state index contributed by atoms with van der Waals surface area (Å²) in [7, 11) is 0. The van der Waals surface area contributed by atoms with Gasteiger partial charge in [0, 0.05) is 38.5 Å². The fourth-order valence-electron chi connectivity index (χ4n) is 4.15. The van der Waals surface area contributed by atoms with Crippen LogP contribution in [0.2, 0.25) is 0 Å². The van der Waals surface area contributed by atoms with Gasteiger partial charge in [0.1, 0.15) is 0 Å². The molecule has 2 aliphatic heterocycles. The van der Waals surface area contributed by atoms with E-state index < -0.39 is 6.04 Å². The number of para-hydroxylation sites is 1. The quantitative estimate of drug-likeness (QED) is 0.810. The maximum atomic E-state index is 12.3. The highest BCUT2D eigenvalue weighted by atomic mass is 16.5. The Morgan fingerprint density at radius 2 is 1.82 bits per heavy atom. The smallest absolute Gasteiger partial charge is 0.237 e. The molecule has 1 atom stereocenters. The molecule has 0 radical (unpaired) electrons. The summed E-state index contributed by atoms with van der Waals surface area (Å²) < 4.78 is 5.35. The summed E-state index contributed by atoms with van der Waals surface area (Å²) in [6.07, 6.45) is 2.85. The third kappa shape index (κ3) is 4.37. The monoisotopic (exact) mass is 379 g/mol. The topological polar surface area (TPSA) is 67.6 Å². The molecule has 0 aromatic heterocycles. The predicted octanol–water partition coefficient (Wildman–Crippen LogP) is 2.62. The highest BCUT2D eigenvalue weighted by molar-refractivity contribution is 5.81. The lowest BCUT2D eigenvalue weighted by molar-refractivity contribution is -0.124. The van der Waals surface area contributed by atoms with Crippen molar-refractivity contribution in [2.45, 2.75) is 38.4 Å². The van der Waals surface area contributed by atoms with Crippen molar-refractivity contribution >= 4 is 11.6 Å². The molecule has 28 heavy (non-hydrogen) atoms. The van der Waals surface area contributed by atoms with Crippen molar-refractivity contribution in [2.75, 3.05) is 24.7 Å². The van der Waals surface area contributed by atoms with Gasteiger partial charge in [-0.25, -0.2) is 0 Å². The molecule has 2 aliphatic rings. The standard InChI is InChI=1S/C23H29N3O2/c24-22(20-10-13-28-14-11-20)23(27)25-15-17-5-7-18(8-6-17)16-26-12-9-19-3-1-2-4-21(19)26/h1-8,20,22H,9-16,24H2,(H,25,27). The molecule has 5 nitrogen and oxygen atoms in total. The first-order valence-corrected chi connectivity index (χ1v) is 10.2. The van der Waals surface area contributed by atoms with E-state index in [1.54, 1.807) is 0 Å². The Labute approximate surface area is 166 Å². The second-order valence-electron chi connectivity index (χ2n) is 7.81. The second kappa shape index (κ2) is 8.76. The van der Waals surface area contributed by atoms with Gasteiger partial charge in [0.05, 0.1) is 6.04 Å². The van der Waals surface area contributed by atoms with Gasteiger partial charge in [0.15, 0.2) is 0 Å². The van der Waals surface area contributed by atoms with Crippen LogP contribution in [-0.2, 0) is 29.0 Å². The zero-order valence-electron chi connectivity index (χ0n) is 16.3. The van der Waals surface area contributed by atoms with Crippen molar-refractivity contribution in [1.29, 1.82) is 0 Å². The number of carbonyl (C=O) groups is 1. The number of ether oxygens (including phenoxy) is 1. The van der Waals surface area contributed by atoms with Gasteiger partial charge >= 0.3 is 0 Å². The molecule has 0 bridgehead atoms. The molecule has 1 saturated heterocycles. The van der Waals surface area contributed by atoms with Crippen LogP contribution in [0.3, 0.4) is 0 Å². The van der Waals surface area contributed by atoms with Gasteiger partial charge in [-0.05, 0) is 47.9 Å². The number of rotatable bonds is 6. The Morgan fingerprint density at radius 3 is 2.61 bits per heavy atom. The Balaban J connectivity index is 1.28. The van der Waals surface area contributed by atoms with Crippen molar-refractivity contribution in [2.24, 2.45) is 11.7 Å². The lowest BCUT2D eigenvalue weighted by Gasteiger charge is -2.26. The normalized spacial score (nSPS) is 18.0. The van der Waals surface area contributed by atoms with Crippen LogP contribution >= 0.6 is 0 Å². The molecule has 3 N–H and O–H groups in total. The van der Waals surface area contributed by atoms with Crippen LogP contribution in [0.4, 0.5) is 5.69 Å². The zero-order valence-corrected chi connectivity index (χ0v) is 16.3. The molecule has 0 saturated carbocycles. The maximum Gasteiger partial charge on any atom is 0.237 e. The van der Waals surface area contributed by atoms with E-state index in [1.165, 1.54) is 16.8 Å². The lowest BCUT2D eigenvalue weighted by atomic mass is 9.92. The maximum absolute atomic E-state index is 12.3. The van der Waals surface area contributed by atoms with Gasteiger partial charge in [-0.2, -0.15) is 0 Å². The van der Waals surface area contributed by atoms with Crippen molar-refractivity contribution in [1.82, 2.24) is 5.32 Å². The van der Waals surface area contributed by atoms with Crippen molar-refractivity contribution < 1.29 is 9.53 Å². The Bertz CT molecular complexity index is 800. The van der Waals surface area contributed by atoms with E-state index in [2.05, 4.69) is 58.7 Å². The fraction of sp³-hybridized carbons (Fsp3) is 0.435. The molecule has 1 unspecified atom stereocenters. The minimum atomic E-state index is -0.446. The van der Waals surface area contributed by atoms with E-state index in [0.717, 1.165) is 37.9 Å². The molecule has 1 fully saturated rings. The zero-order chi connectivity index (χ0) is 19.3. The Hall–Kier alpha value is -2.37. The molecule has 148 valence electrons. The van der Waals surface area contributed by atoms with E-state index >= 15 is 0 Å². The van der Waals surface area contributed by atoms with Crippen molar-refractivity contribution in [3.8, 4) is 0 Å². The first-order chi connectivity index (χ1) is 13.7. The molecule has 2 aromatic rings. The number of fused-ring (bicyclic) bond motifs is 1. The first-order valence-electron chi connectivity index (χ1n) is 10.2. The van der Waals surface area contributed by atoms with E-state index in [9.17, 15) is 4.79 Å². The molecule has 1 amide bonds. The summed E-state index contributed by atoms with van der Waals surface area (Å²) in [4.78, 5) is 14.8. The fourth-order valence-corrected chi connectivity index (χ4v) is 4.15. The summed E-state index contributed by atoms with van der Waals surface area (Å²) in [6, 6.07) is 16.7. The summed E-state index contributed by atoms with van der Waals surface area (Å²) in [5, 5.41) is 2.99. The van der Waals surface area contributed by atoms with Gasteiger partial charge < -0.3 is 20.7 Å². The molecule has 0 aliphatic carbocycles. The SMILES string of the molecule is NC(C(=O)NCc1ccc(CN2CCc3ccccc32)cc1)C1CCOCC1. The first kappa shape index (κ1) is 19.0. The second-order valence-corrected chi connectivity index (χ2v) is 7.81. The third-order valence-corrected chi connectivity index (χ3v) is 5.92. The van der Waals surface area contributed by atoms with Gasteiger partial charge in [-0.3, -0.25) is 4.79 Å². The number of amides is 1. The van der Waals surface area contributed by atoms with Gasteiger partial charge in [0.25, 0.3) is 0 Å². The Kier molecular flexibility index (Phi) is 5.93. The van der Waals surface area contributed by atoms with E-state index in [4.69, 9.17) is 10.5 Å². The largest absolute Gasteiger partial charge is 0.381 e. The minimum absolute atomic E-state index is 0.0651. The summed E-state index contributed by atoms with van der Waals surface area (Å²) >= 11 is 0. The number of nitrogens with zero attached hydrogens (tertiary/aromatic N) is 1. The number of anilines is 1. The van der Waals surface area contributed by atoms with Crippen LogP contribution in [-0.4, -0.2) is 31.7 Å². The highest BCUT2D eigenvalue weighted by Gasteiger charge is 2.26. The average molecular weight is 380 g/mol.